The van der Waals surface area contributed by atoms with Crippen LogP contribution in [0.3, 0.4) is 0 Å². The lowest BCUT2D eigenvalue weighted by Gasteiger charge is -2.13. The van der Waals surface area contributed by atoms with Crippen LogP contribution in [0.5, 0.6) is 0 Å². The number of amides is 1. The summed E-state index contributed by atoms with van der Waals surface area (Å²) in [6, 6.07) is 17.7. The molecule has 0 aliphatic rings. The number of carbonyl (C=O) groups excluding carboxylic acids is 1. The third-order valence-electron chi connectivity index (χ3n) is 4.59. The largest absolute Gasteiger partial charge is 0.320 e. The molecule has 1 amide bonds. The van der Waals surface area contributed by atoms with Crippen LogP contribution < -0.4 is 5.32 Å². The smallest absolute Gasteiger partial charge is 0.255 e. The number of thiazole rings is 1. The fourth-order valence-corrected chi connectivity index (χ4v) is 5.24. The van der Waals surface area contributed by atoms with Gasteiger partial charge in [-0.3, -0.25) is 4.79 Å². The van der Waals surface area contributed by atoms with E-state index in [-0.39, 0.29) is 5.91 Å². The molecular formula is C22H16Br2N2OS. The SMILES string of the molecule is Cc1ccc(C(=O)Nc2c(Br)cc(Br)cc2-c2nc3ccccc3s2)cc1C. The Labute approximate surface area is 184 Å². The highest BCUT2D eigenvalue weighted by atomic mass is 79.9. The van der Waals surface area contributed by atoms with Gasteiger partial charge in [-0.1, -0.05) is 34.1 Å². The highest BCUT2D eigenvalue weighted by Crippen LogP contribution is 2.40. The molecule has 3 aromatic carbocycles. The third kappa shape index (κ3) is 3.77. The maximum Gasteiger partial charge on any atom is 0.255 e. The molecule has 0 aliphatic carbocycles. The highest BCUT2D eigenvalue weighted by Gasteiger charge is 2.18. The quantitative estimate of drug-likeness (QED) is 0.309. The average molecular weight is 516 g/mol. The second kappa shape index (κ2) is 7.78. The Balaban J connectivity index is 1.78. The van der Waals surface area contributed by atoms with E-state index in [1.165, 1.54) is 0 Å². The molecule has 0 unspecified atom stereocenters. The van der Waals surface area contributed by atoms with E-state index in [4.69, 9.17) is 4.98 Å². The number of aryl methyl sites for hydroxylation is 2. The van der Waals surface area contributed by atoms with E-state index >= 15 is 0 Å². The van der Waals surface area contributed by atoms with Gasteiger partial charge in [0, 0.05) is 20.1 Å². The van der Waals surface area contributed by atoms with Crippen molar-refractivity contribution in [3.8, 4) is 10.6 Å². The molecule has 6 heteroatoms. The molecule has 4 aromatic rings. The summed E-state index contributed by atoms with van der Waals surface area (Å²) >= 11 is 8.75. The van der Waals surface area contributed by atoms with E-state index in [1.54, 1.807) is 11.3 Å². The number of rotatable bonds is 3. The van der Waals surface area contributed by atoms with E-state index in [1.807, 2.05) is 62.4 Å². The van der Waals surface area contributed by atoms with Crippen LogP contribution in [0.25, 0.3) is 20.8 Å². The topological polar surface area (TPSA) is 42.0 Å². The number of hydrogen-bond donors (Lipinski definition) is 1. The zero-order valence-corrected chi connectivity index (χ0v) is 19.2. The number of carbonyl (C=O) groups is 1. The summed E-state index contributed by atoms with van der Waals surface area (Å²) in [6.45, 7) is 4.04. The number of halogens is 2. The first kappa shape index (κ1) is 19.3. The second-order valence-electron chi connectivity index (χ2n) is 6.55. The first-order chi connectivity index (χ1) is 13.4. The van der Waals surface area contributed by atoms with Crippen molar-refractivity contribution in [2.75, 3.05) is 5.32 Å². The lowest BCUT2D eigenvalue weighted by Crippen LogP contribution is -2.13. The Kier molecular flexibility index (Phi) is 5.36. The van der Waals surface area contributed by atoms with Gasteiger partial charge in [0.15, 0.2) is 0 Å². The molecule has 0 radical (unpaired) electrons. The van der Waals surface area contributed by atoms with Gasteiger partial charge in [-0.15, -0.1) is 11.3 Å². The minimum atomic E-state index is -0.145. The van der Waals surface area contributed by atoms with Crippen LogP contribution in [0.1, 0.15) is 21.5 Å². The van der Waals surface area contributed by atoms with Crippen molar-refractivity contribution in [3.05, 3.63) is 80.2 Å². The van der Waals surface area contributed by atoms with Gasteiger partial charge in [0.2, 0.25) is 0 Å². The fraction of sp³-hybridized carbons (Fsp3) is 0.0909. The molecule has 0 saturated heterocycles. The van der Waals surface area contributed by atoms with Gasteiger partial charge in [-0.2, -0.15) is 0 Å². The third-order valence-corrected chi connectivity index (χ3v) is 6.74. The number of nitrogens with zero attached hydrogens (tertiary/aromatic N) is 1. The van der Waals surface area contributed by atoms with Crippen LogP contribution >= 0.6 is 43.2 Å². The molecule has 0 spiro atoms. The summed E-state index contributed by atoms with van der Waals surface area (Å²) in [7, 11) is 0. The van der Waals surface area contributed by atoms with Crippen LogP contribution in [-0.4, -0.2) is 10.9 Å². The predicted molar refractivity (Wildman–Crippen MR) is 124 cm³/mol. The van der Waals surface area contributed by atoms with Crippen molar-refractivity contribution >= 4 is 65.0 Å². The fourth-order valence-electron chi connectivity index (χ4n) is 2.93. The van der Waals surface area contributed by atoms with Crippen molar-refractivity contribution in [2.24, 2.45) is 0 Å². The molecule has 0 fully saturated rings. The van der Waals surface area contributed by atoms with E-state index < -0.39 is 0 Å². The molecule has 4 rings (SSSR count). The number of aromatic nitrogens is 1. The molecule has 0 aliphatic heterocycles. The first-order valence-electron chi connectivity index (χ1n) is 8.66. The van der Waals surface area contributed by atoms with Crippen molar-refractivity contribution in [2.45, 2.75) is 13.8 Å². The summed E-state index contributed by atoms with van der Waals surface area (Å²) in [5.74, 6) is -0.145. The van der Waals surface area contributed by atoms with Gasteiger partial charge in [-0.05, 0) is 77.3 Å². The van der Waals surface area contributed by atoms with Crippen LogP contribution in [-0.2, 0) is 0 Å². The van der Waals surface area contributed by atoms with Crippen molar-refractivity contribution in [1.29, 1.82) is 0 Å². The van der Waals surface area contributed by atoms with Gasteiger partial charge in [-0.25, -0.2) is 4.98 Å². The Morgan fingerprint density at radius 2 is 1.79 bits per heavy atom. The molecule has 1 heterocycles. The Hall–Kier alpha value is -2.02. The van der Waals surface area contributed by atoms with Crippen molar-refractivity contribution in [3.63, 3.8) is 0 Å². The van der Waals surface area contributed by atoms with Gasteiger partial charge in [0.25, 0.3) is 5.91 Å². The number of benzene rings is 3. The monoisotopic (exact) mass is 514 g/mol. The van der Waals surface area contributed by atoms with Gasteiger partial charge >= 0.3 is 0 Å². The first-order valence-corrected chi connectivity index (χ1v) is 11.1. The summed E-state index contributed by atoms with van der Waals surface area (Å²) in [4.78, 5) is 17.7. The number of hydrogen-bond acceptors (Lipinski definition) is 3. The normalized spacial score (nSPS) is 11.0. The van der Waals surface area contributed by atoms with E-state index in [9.17, 15) is 4.79 Å². The van der Waals surface area contributed by atoms with Crippen LogP contribution in [0.2, 0.25) is 0 Å². The summed E-state index contributed by atoms with van der Waals surface area (Å²) in [6.07, 6.45) is 0. The summed E-state index contributed by atoms with van der Waals surface area (Å²) in [5, 5.41) is 3.93. The lowest BCUT2D eigenvalue weighted by atomic mass is 10.1. The molecule has 0 saturated carbocycles. The van der Waals surface area contributed by atoms with Crippen molar-refractivity contribution in [1.82, 2.24) is 4.98 Å². The Bertz CT molecular complexity index is 1180. The molecule has 3 nitrogen and oxygen atoms in total. The maximum absolute atomic E-state index is 12.9. The molecule has 1 N–H and O–H groups in total. The van der Waals surface area contributed by atoms with E-state index in [0.29, 0.717) is 11.3 Å². The molecule has 140 valence electrons. The minimum Gasteiger partial charge on any atom is -0.320 e. The van der Waals surface area contributed by atoms with E-state index in [0.717, 1.165) is 40.9 Å². The Morgan fingerprint density at radius 3 is 2.54 bits per heavy atom. The van der Waals surface area contributed by atoms with Crippen LogP contribution in [0.15, 0.2) is 63.5 Å². The minimum absolute atomic E-state index is 0.145. The summed E-state index contributed by atoms with van der Waals surface area (Å²) in [5.41, 5.74) is 5.42. The molecule has 0 atom stereocenters. The second-order valence-corrected chi connectivity index (χ2v) is 9.35. The van der Waals surface area contributed by atoms with Gasteiger partial charge in [0.05, 0.1) is 15.9 Å². The zero-order chi connectivity index (χ0) is 19.8. The Morgan fingerprint density at radius 1 is 1.00 bits per heavy atom. The van der Waals surface area contributed by atoms with Gasteiger partial charge < -0.3 is 5.32 Å². The van der Waals surface area contributed by atoms with E-state index in [2.05, 4.69) is 43.2 Å². The zero-order valence-electron chi connectivity index (χ0n) is 15.2. The lowest BCUT2D eigenvalue weighted by molar-refractivity contribution is 0.102. The average Bonchev–Trinajstić information content (AvgIpc) is 3.09. The number of anilines is 1. The number of para-hydroxylation sites is 1. The number of nitrogens with one attached hydrogen (secondary N) is 1. The predicted octanol–water partition coefficient (Wildman–Crippen LogP) is 7.36. The summed E-state index contributed by atoms with van der Waals surface area (Å²) < 4.78 is 2.83. The van der Waals surface area contributed by atoms with Crippen LogP contribution in [0.4, 0.5) is 5.69 Å². The number of fused-ring (bicyclic) bond motifs is 1. The van der Waals surface area contributed by atoms with Crippen molar-refractivity contribution < 1.29 is 4.79 Å². The van der Waals surface area contributed by atoms with Crippen LogP contribution in [0, 0.1) is 13.8 Å². The molecule has 1 aromatic heterocycles. The molecule has 0 bridgehead atoms. The standard InChI is InChI=1S/C22H16Br2N2OS/c1-12-7-8-14(9-13(12)2)21(27)26-20-16(10-15(23)11-17(20)24)22-25-18-5-3-4-6-19(18)28-22/h3-11H,1-2H3,(H,26,27). The van der Waals surface area contributed by atoms with Gasteiger partial charge in [0.1, 0.15) is 5.01 Å². The molecular weight excluding hydrogens is 500 g/mol. The highest BCUT2D eigenvalue weighted by molar-refractivity contribution is 9.11. The maximum atomic E-state index is 12.9. The molecule has 28 heavy (non-hydrogen) atoms.